The van der Waals surface area contributed by atoms with Crippen LogP contribution in [0.2, 0.25) is 0 Å². The molecule has 1 aliphatic carbocycles. The van der Waals surface area contributed by atoms with Crippen molar-refractivity contribution in [3.8, 4) is 61.7 Å². The molecule has 2 nitrogen and oxygen atoms in total. The van der Waals surface area contributed by atoms with Crippen LogP contribution in [0.3, 0.4) is 0 Å². The summed E-state index contributed by atoms with van der Waals surface area (Å²) in [6.07, 6.45) is 2.07. The second kappa shape index (κ2) is 9.82. The van der Waals surface area contributed by atoms with E-state index in [-0.39, 0.29) is 0 Å². The zero-order valence-corrected chi connectivity index (χ0v) is 25.2. The number of hydrogen-bond donors (Lipinski definition) is 0. The SMILES string of the molecule is c1ccc(-n2c3c(c4c(-c5cccc(-c6ccc7c(c6)-c6cccc8cccc(c68)O7)c5)cccc42)-c2ccccc2CC3)cc1. The lowest BCUT2D eigenvalue weighted by Gasteiger charge is -2.22. The molecular weight excluding hydrogens is 558 g/mol. The summed E-state index contributed by atoms with van der Waals surface area (Å²) in [6, 6.07) is 55.1. The summed E-state index contributed by atoms with van der Waals surface area (Å²) in [5, 5.41) is 3.71. The van der Waals surface area contributed by atoms with Gasteiger partial charge in [0.25, 0.3) is 0 Å². The van der Waals surface area contributed by atoms with Crippen molar-refractivity contribution >= 4 is 21.7 Å². The first-order valence-electron chi connectivity index (χ1n) is 16.1. The topological polar surface area (TPSA) is 14.2 Å². The summed E-state index contributed by atoms with van der Waals surface area (Å²) in [5.74, 6) is 1.83. The predicted molar refractivity (Wildman–Crippen MR) is 190 cm³/mol. The van der Waals surface area contributed by atoms with Gasteiger partial charge in [-0.25, -0.2) is 0 Å². The number of aromatic nitrogens is 1. The quantitative estimate of drug-likeness (QED) is 0.201. The molecule has 8 aromatic rings. The fraction of sp³-hybridized carbons (Fsp3) is 0.0455. The minimum absolute atomic E-state index is 0.906. The minimum Gasteiger partial charge on any atom is -0.456 e. The third-order valence-corrected chi connectivity index (χ3v) is 9.89. The monoisotopic (exact) mass is 587 g/mol. The van der Waals surface area contributed by atoms with Gasteiger partial charge in [0.05, 0.1) is 5.52 Å². The van der Waals surface area contributed by atoms with E-state index in [1.54, 1.807) is 0 Å². The second-order valence-electron chi connectivity index (χ2n) is 12.4. The number of aryl methyl sites for hydroxylation is 1. The van der Waals surface area contributed by atoms with Crippen LogP contribution >= 0.6 is 0 Å². The van der Waals surface area contributed by atoms with Gasteiger partial charge in [-0.3, -0.25) is 0 Å². The number of para-hydroxylation sites is 1. The highest BCUT2D eigenvalue weighted by Crippen LogP contribution is 2.49. The highest BCUT2D eigenvalue weighted by Gasteiger charge is 2.27. The molecule has 1 aromatic heterocycles. The summed E-state index contributed by atoms with van der Waals surface area (Å²) in [5.41, 5.74) is 15.3. The Bertz CT molecular complexity index is 2500. The molecule has 0 N–H and O–H groups in total. The van der Waals surface area contributed by atoms with Crippen molar-refractivity contribution in [1.82, 2.24) is 4.57 Å². The molecule has 0 fully saturated rings. The lowest BCUT2D eigenvalue weighted by molar-refractivity contribution is 0.487. The van der Waals surface area contributed by atoms with E-state index in [1.807, 2.05) is 0 Å². The van der Waals surface area contributed by atoms with E-state index in [0.717, 1.165) is 29.9 Å². The zero-order valence-electron chi connectivity index (χ0n) is 25.2. The molecule has 0 saturated heterocycles. The normalized spacial score (nSPS) is 12.8. The lowest BCUT2D eigenvalue weighted by atomic mass is 9.86. The molecule has 0 spiro atoms. The van der Waals surface area contributed by atoms with Crippen LogP contribution < -0.4 is 4.74 Å². The maximum absolute atomic E-state index is 6.40. The molecule has 0 atom stereocenters. The first kappa shape index (κ1) is 25.5. The number of benzene rings is 7. The zero-order chi connectivity index (χ0) is 30.2. The molecule has 1 aliphatic heterocycles. The van der Waals surface area contributed by atoms with Crippen LogP contribution in [0.15, 0.2) is 152 Å². The van der Waals surface area contributed by atoms with E-state index in [1.165, 1.54) is 77.6 Å². The van der Waals surface area contributed by atoms with Gasteiger partial charge in [0.1, 0.15) is 11.5 Å². The van der Waals surface area contributed by atoms with Crippen molar-refractivity contribution in [2.45, 2.75) is 12.8 Å². The first-order valence-corrected chi connectivity index (χ1v) is 16.1. The highest BCUT2D eigenvalue weighted by molar-refractivity contribution is 6.09. The Kier molecular flexibility index (Phi) is 5.44. The van der Waals surface area contributed by atoms with Gasteiger partial charge < -0.3 is 9.30 Å². The fourth-order valence-corrected chi connectivity index (χ4v) is 7.88. The molecule has 0 saturated carbocycles. The van der Waals surface area contributed by atoms with Gasteiger partial charge in [0, 0.05) is 33.3 Å². The van der Waals surface area contributed by atoms with E-state index < -0.39 is 0 Å². The Morgan fingerprint density at radius 1 is 0.457 bits per heavy atom. The van der Waals surface area contributed by atoms with E-state index in [4.69, 9.17) is 4.74 Å². The van der Waals surface area contributed by atoms with Crippen molar-refractivity contribution in [2.24, 2.45) is 0 Å². The molecule has 2 heterocycles. The van der Waals surface area contributed by atoms with Gasteiger partial charge in [-0.1, -0.05) is 109 Å². The van der Waals surface area contributed by atoms with Gasteiger partial charge >= 0.3 is 0 Å². The molecule has 216 valence electrons. The Labute approximate surface area is 267 Å². The van der Waals surface area contributed by atoms with Crippen molar-refractivity contribution in [2.75, 3.05) is 0 Å². The molecule has 46 heavy (non-hydrogen) atoms. The molecule has 0 radical (unpaired) electrons. The van der Waals surface area contributed by atoms with E-state index in [0.29, 0.717) is 0 Å². The van der Waals surface area contributed by atoms with Gasteiger partial charge in [-0.2, -0.15) is 0 Å². The third kappa shape index (κ3) is 3.71. The number of ether oxygens (including phenoxy) is 1. The van der Waals surface area contributed by atoms with Crippen LogP contribution in [0, 0.1) is 0 Å². The van der Waals surface area contributed by atoms with Crippen molar-refractivity contribution in [1.29, 1.82) is 0 Å². The van der Waals surface area contributed by atoms with Crippen LogP contribution in [0.1, 0.15) is 11.3 Å². The number of hydrogen-bond acceptors (Lipinski definition) is 1. The largest absolute Gasteiger partial charge is 0.456 e. The number of rotatable bonds is 3. The maximum atomic E-state index is 6.40. The molecule has 2 heteroatoms. The van der Waals surface area contributed by atoms with Crippen LogP contribution in [0.25, 0.3) is 71.9 Å². The molecule has 0 bridgehead atoms. The van der Waals surface area contributed by atoms with E-state index in [2.05, 4.69) is 156 Å². The average molecular weight is 588 g/mol. The third-order valence-electron chi connectivity index (χ3n) is 9.89. The summed E-state index contributed by atoms with van der Waals surface area (Å²) in [6.45, 7) is 0. The van der Waals surface area contributed by atoms with E-state index in [9.17, 15) is 0 Å². The molecule has 10 rings (SSSR count). The van der Waals surface area contributed by atoms with Crippen molar-refractivity contribution in [3.05, 3.63) is 163 Å². The maximum Gasteiger partial charge on any atom is 0.135 e. The van der Waals surface area contributed by atoms with Crippen molar-refractivity contribution < 1.29 is 4.74 Å². The summed E-state index contributed by atoms with van der Waals surface area (Å²) < 4.78 is 8.90. The van der Waals surface area contributed by atoms with Gasteiger partial charge in [-0.15, -0.1) is 0 Å². The van der Waals surface area contributed by atoms with Crippen LogP contribution in [-0.4, -0.2) is 4.57 Å². The highest BCUT2D eigenvalue weighted by atomic mass is 16.5. The van der Waals surface area contributed by atoms with Crippen LogP contribution in [0.4, 0.5) is 0 Å². The Hall–Kier alpha value is -5.86. The smallest absolute Gasteiger partial charge is 0.135 e. The van der Waals surface area contributed by atoms with Crippen LogP contribution in [0.5, 0.6) is 11.5 Å². The van der Waals surface area contributed by atoms with E-state index >= 15 is 0 Å². The van der Waals surface area contributed by atoms with Gasteiger partial charge in [0.2, 0.25) is 0 Å². The summed E-state index contributed by atoms with van der Waals surface area (Å²) in [4.78, 5) is 0. The summed E-state index contributed by atoms with van der Waals surface area (Å²) in [7, 11) is 0. The first-order chi connectivity index (χ1) is 22.8. The number of fused-ring (bicyclic) bond motifs is 7. The molecule has 0 amide bonds. The van der Waals surface area contributed by atoms with Gasteiger partial charge in [0.15, 0.2) is 0 Å². The molecular formula is C44H29NO. The molecule has 2 aliphatic rings. The Morgan fingerprint density at radius 3 is 2.13 bits per heavy atom. The Morgan fingerprint density at radius 2 is 1.20 bits per heavy atom. The standard InChI is InChI=1S/C44H29NO/c1-2-15-33(16-3-1)45-38-20-9-18-35(44(38)43-34-17-5-4-10-28(34)22-24-39(43)45)32-14-6-13-30(26-32)31-23-25-40-37(27-31)36-19-7-11-29-12-8-21-41(46-40)42(29)36/h1-21,23,25-27H,22,24H2. The number of nitrogens with zero attached hydrogens (tertiary/aromatic N) is 1. The summed E-state index contributed by atoms with van der Waals surface area (Å²) >= 11 is 0. The molecule has 0 unspecified atom stereocenters. The van der Waals surface area contributed by atoms with Crippen molar-refractivity contribution in [3.63, 3.8) is 0 Å². The average Bonchev–Trinajstić information content (AvgIpc) is 3.47. The Balaban J connectivity index is 1.17. The predicted octanol–water partition coefficient (Wildman–Crippen LogP) is 11.7. The minimum atomic E-state index is 0.906. The second-order valence-corrected chi connectivity index (χ2v) is 12.4. The van der Waals surface area contributed by atoms with Crippen LogP contribution in [-0.2, 0) is 12.8 Å². The lowest BCUT2D eigenvalue weighted by Crippen LogP contribution is -2.07. The molecule has 7 aromatic carbocycles. The van der Waals surface area contributed by atoms with Gasteiger partial charge in [-0.05, 0) is 99.6 Å². The fourth-order valence-electron chi connectivity index (χ4n) is 7.88.